The maximum atomic E-state index is 13.8. The van der Waals surface area contributed by atoms with Gasteiger partial charge in [0.25, 0.3) is 5.91 Å². The smallest absolute Gasteiger partial charge is 0.321 e. The lowest BCUT2D eigenvalue weighted by Crippen LogP contribution is -2.61. The molecule has 39 heavy (non-hydrogen) atoms. The summed E-state index contributed by atoms with van der Waals surface area (Å²) in [6.45, 7) is 9.54. The van der Waals surface area contributed by atoms with Crippen molar-refractivity contribution < 1.29 is 28.0 Å². The van der Waals surface area contributed by atoms with E-state index in [1.165, 1.54) is 11.1 Å². The first kappa shape index (κ1) is 28.3. The van der Waals surface area contributed by atoms with E-state index < -0.39 is 53.1 Å². The van der Waals surface area contributed by atoms with E-state index in [-0.39, 0.29) is 29.5 Å². The lowest BCUT2D eigenvalue weighted by Gasteiger charge is -2.38. The number of nitrogens with two attached hydrogens (primary N) is 1. The third kappa shape index (κ3) is 5.16. The van der Waals surface area contributed by atoms with Crippen molar-refractivity contribution in [3.8, 4) is 0 Å². The van der Waals surface area contributed by atoms with Crippen molar-refractivity contribution in [1.29, 1.82) is 0 Å². The van der Waals surface area contributed by atoms with Crippen LogP contribution in [-0.4, -0.2) is 63.3 Å². The SMILES string of the molecule is CC(F)(F)C(=O)NC(C(=O)N1C[C@H]2[C@@H]([C@H]1C(=O)NC(C(N)=O)c1nncc3ccccc13)C2(C)C)C(C)(C)C. The van der Waals surface area contributed by atoms with E-state index >= 15 is 0 Å². The number of nitrogens with one attached hydrogen (secondary N) is 2. The molecule has 4 amide bonds. The van der Waals surface area contributed by atoms with Crippen LogP contribution in [0.1, 0.15) is 53.3 Å². The van der Waals surface area contributed by atoms with Gasteiger partial charge >= 0.3 is 5.92 Å². The number of hydrogen-bond acceptors (Lipinski definition) is 6. The van der Waals surface area contributed by atoms with Gasteiger partial charge in [-0.3, -0.25) is 19.2 Å². The minimum Gasteiger partial charge on any atom is -0.368 e. The molecule has 12 heteroatoms. The molecule has 0 spiro atoms. The van der Waals surface area contributed by atoms with E-state index in [0.717, 1.165) is 0 Å². The lowest BCUT2D eigenvalue weighted by molar-refractivity contribution is -0.151. The van der Waals surface area contributed by atoms with Crippen molar-refractivity contribution in [3.05, 3.63) is 36.2 Å². The minimum absolute atomic E-state index is 0.0227. The number of rotatable bonds is 7. The van der Waals surface area contributed by atoms with Gasteiger partial charge in [0.1, 0.15) is 17.8 Å². The summed E-state index contributed by atoms with van der Waals surface area (Å²) in [5.74, 6) is -7.66. The van der Waals surface area contributed by atoms with Crippen LogP contribution >= 0.6 is 0 Å². The molecule has 2 unspecified atom stereocenters. The Hall–Kier alpha value is -3.70. The van der Waals surface area contributed by atoms with Gasteiger partial charge in [-0.1, -0.05) is 58.9 Å². The van der Waals surface area contributed by atoms with Crippen LogP contribution in [0.3, 0.4) is 0 Å². The highest BCUT2D eigenvalue weighted by molar-refractivity contribution is 5.97. The predicted octanol–water partition coefficient (Wildman–Crippen LogP) is 1.94. The number of carbonyl (C=O) groups is 4. The van der Waals surface area contributed by atoms with Crippen LogP contribution in [0.25, 0.3) is 10.8 Å². The van der Waals surface area contributed by atoms with Crippen molar-refractivity contribution in [1.82, 2.24) is 25.7 Å². The normalized spacial score (nSPS) is 23.5. The molecule has 1 aromatic heterocycles. The van der Waals surface area contributed by atoms with Crippen LogP contribution in [0.15, 0.2) is 30.5 Å². The van der Waals surface area contributed by atoms with Gasteiger partial charge in [-0.2, -0.15) is 19.0 Å². The Bertz CT molecular complexity index is 1330. The number of alkyl halides is 2. The van der Waals surface area contributed by atoms with Crippen molar-refractivity contribution >= 4 is 34.4 Å². The fourth-order valence-corrected chi connectivity index (χ4v) is 5.65. The van der Waals surface area contributed by atoms with Crippen LogP contribution in [0.5, 0.6) is 0 Å². The topological polar surface area (TPSA) is 147 Å². The molecular formula is C27H34F2N6O4. The largest absolute Gasteiger partial charge is 0.368 e. The van der Waals surface area contributed by atoms with E-state index in [9.17, 15) is 28.0 Å². The summed E-state index contributed by atoms with van der Waals surface area (Å²) in [6, 6.07) is 3.40. The van der Waals surface area contributed by atoms with Gasteiger partial charge < -0.3 is 21.3 Å². The minimum atomic E-state index is -3.69. The number of hydrogen-bond donors (Lipinski definition) is 3. The first-order valence-electron chi connectivity index (χ1n) is 12.8. The number of amides is 4. The maximum Gasteiger partial charge on any atom is 0.321 e. The van der Waals surface area contributed by atoms with Gasteiger partial charge in [-0.15, -0.1) is 0 Å². The highest BCUT2D eigenvalue weighted by Crippen LogP contribution is 2.65. The molecule has 2 aliphatic rings. The van der Waals surface area contributed by atoms with Gasteiger partial charge in [0.15, 0.2) is 6.04 Å². The van der Waals surface area contributed by atoms with Crippen molar-refractivity contribution in [3.63, 3.8) is 0 Å². The first-order chi connectivity index (χ1) is 18.0. The number of primary amides is 1. The average Bonchev–Trinajstić information content (AvgIpc) is 3.16. The molecule has 1 aliphatic heterocycles. The first-order valence-corrected chi connectivity index (χ1v) is 12.8. The number of likely N-dealkylation sites (tertiary alicyclic amines) is 1. The molecule has 10 nitrogen and oxygen atoms in total. The summed E-state index contributed by atoms with van der Waals surface area (Å²) in [7, 11) is 0. The van der Waals surface area contributed by atoms with Crippen molar-refractivity contribution in [2.45, 2.75) is 65.6 Å². The molecule has 2 heterocycles. The number of nitrogens with zero attached hydrogens (tertiary/aromatic N) is 3. The fourth-order valence-electron chi connectivity index (χ4n) is 5.65. The van der Waals surface area contributed by atoms with Gasteiger partial charge in [-0.05, 0) is 22.7 Å². The molecule has 0 bridgehead atoms. The highest BCUT2D eigenvalue weighted by Gasteiger charge is 2.70. The second kappa shape index (κ2) is 9.49. The van der Waals surface area contributed by atoms with E-state index in [1.54, 1.807) is 45.0 Å². The molecular weight excluding hydrogens is 510 g/mol. The molecule has 2 aromatic rings. The molecule has 5 atom stereocenters. The summed E-state index contributed by atoms with van der Waals surface area (Å²) in [4.78, 5) is 53.6. The Morgan fingerprint density at radius 3 is 2.33 bits per heavy atom. The zero-order chi connectivity index (χ0) is 29.1. The van der Waals surface area contributed by atoms with E-state index in [2.05, 4.69) is 20.8 Å². The predicted molar refractivity (Wildman–Crippen MR) is 138 cm³/mol. The summed E-state index contributed by atoms with van der Waals surface area (Å²) >= 11 is 0. The Morgan fingerprint density at radius 2 is 1.74 bits per heavy atom. The van der Waals surface area contributed by atoms with E-state index in [0.29, 0.717) is 17.7 Å². The Labute approximate surface area is 225 Å². The van der Waals surface area contributed by atoms with E-state index in [4.69, 9.17) is 5.73 Å². The number of fused-ring (bicyclic) bond motifs is 2. The molecule has 4 rings (SSSR count). The standard InChI is InChI=1S/C27H34F2N6O4/c1-25(2,3)20(33-24(39)27(6,28)29)23(38)35-12-15-16(26(15,4)5)19(35)22(37)32-18(21(30)36)17-14-10-8-7-9-13(14)11-31-34-17/h7-11,15-16,18-20H,12H2,1-6H3,(H2,30,36)(H,32,37)(H,33,39)/t15-,16-,18?,19-,20?/m0/s1. The van der Waals surface area contributed by atoms with Gasteiger partial charge in [-0.25, -0.2) is 0 Å². The van der Waals surface area contributed by atoms with Crippen molar-refractivity contribution in [2.75, 3.05) is 6.54 Å². The Balaban J connectivity index is 1.66. The van der Waals surface area contributed by atoms with Crippen LogP contribution in [0, 0.1) is 22.7 Å². The average molecular weight is 545 g/mol. The van der Waals surface area contributed by atoms with E-state index in [1.807, 2.05) is 13.8 Å². The zero-order valence-electron chi connectivity index (χ0n) is 22.8. The third-order valence-corrected chi connectivity index (χ3v) is 7.99. The number of aromatic nitrogens is 2. The second-order valence-corrected chi connectivity index (χ2v) is 12.2. The number of benzene rings is 1. The molecule has 1 saturated heterocycles. The summed E-state index contributed by atoms with van der Waals surface area (Å²) < 4.78 is 27.4. The highest BCUT2D eigenvalue weighted by atomic mass is 19.3. The number of carbonyl (C=O) groups excluding carboxylic acids is 4. The van der Waals surface area contributed by atoms with Gasteiger partial charge in [0.05, 0.1) is 6.20 Å². The fraction of sp³-hybridized carbons (Fsp3) is 0.556. The summed E-state index contributed by atoms with van der Waals surface area (Å²) in [5.41, 5.74) is 4.65. The number of halogens is 2. The Kier molecular flexibility index (Phi) is 6.89. The monoisotopic (exact) mass is 544 g/mol. The molecule has 210 valence electrons. The van der Waals surface area contributed by atoms with Crippen LogP contribution in [-0.2, 0) is 19.2 Å². The van der Waals surface area contributed by atoms with Crippen LogP contribution in [0.4, 0.5) is 8.78 Å². The molecule has 1 saturated carbocycles. The Morgan fingerprint density at radius 1 is 1.10 bits per heavy atom. The molecule has 2 fully saturated rings. The molecule has 4 N–H and O–H groups in total. The lowest BCUT2D eigenvalue weighted by atomic mass is 9.85. The molecule has 1 aromatic carbocycles. The quantitative estimate of drug-likeness (QED) is 0.485. The zero-order valence-corrected chi connectivity index (χ0v) is 22.8. The molecule has 0 radical (unpaired) electrons. The maximum absolute atomic E-state index is 13.8. The van der Waals surface area contributed by atoms with Crippen LogP contribution in [0.2, 0.25) is 0 Å². The van der Waals surface area contributed by atoms with Gasteiger partial charge in [0.2, 0.25) is 17.7 Å². The summed E-state index contributed by atoms with van der Waals surface area (Å²) in [5, 5.41) is 14.1. The summed E-state index contributed by atoms with van der Waals surface area (Å²) in [6.07, 6.45) is 1.52. The van der Waals surface area contributed by atoms with Gasteiger partial charge in [0, 0.05) is 24.2 Å². The third-order valence-electron chi connectivity index (χ3n) is 7.99. The molecule has 1 aliphatic carbocycles. The second-order valence-electron chi connectivity index (χ2n) is 12.2. The van der Waals surface area contributed by atoms with Crippen molar-refractivity contribution in [2.24, 2.45) is 28.4 Å². The van der Waals surface area contributed by atoms with Crippen LogP contribution < -0.4 is 16.4 Å². The number of piperidine rings is 1.